The van der Waals surface area contributed by atoms with Crippen LogP contribution in [0.4, 0.5) is 8.22 Å². The Balaban J connectivity index is 3.30. The maximum absolute atomic E-state index is 14.9. The van der Waals surface area contributed by atoms with Crippen LogP contribution in [0.5, 0.6) is 0 Å². The van der Waals surface area contributed by atoms with E-state index in [1.165, 1.54) is 0 Å². The second-order valence-electron chi connectivity index (χ2n) is 6.58. The third kappa shape index (κ3) is 3.37. The molecule has 102 valence electrons. The van der Waals surface area contributed by atoms with Crippen LogP contribution in [0, 0.1) is 0 Å². The van der Waals surface area contributed by atoms with Crippen LogP contribution in [-0.4, -0.2) is 29.3 Å². The van der Waals surface area contributed by atoms with Gasteiger partial charge in [-0.15, -0.1) is 0 Å². The zero-order chi connectivity index (χ0) is 14.2. The standard InChI is InChI=1S/C12H23F2NSi3/c1-16(2,3)15(17(4,5)6)18(13,14)12-10-8-7-9-11-12/h7-11H,1-6H3. The fourth-order valence-electron chi connectivity index (χ4n) is 2.62. The van der Waals surface area contributed by atoms with Crippen LogP contribution in [0.2, 0.25) is 39.3 Å². The third-order valence-corrected chi connectivity index (χ3v) is 16.8. The molecule has 1 nitrogen and oxygen atoms in total. The number of hydrogen-bond acceptors (Lipinski definition) is 1. The minimum absolute atomic E-state index is 0.245. The van der Waals surface area contributed by atoms with Crippen LogP contribution in [0.25, 0.3) is 0 Å². The van der Waals surface area contributed by atoms with Gasteiger partial charge in [0.25, 0.3) is 0 Å². The highest BCUT2D eigenvalue weighted by molar-refractivity contribution is 7.04. The van der Waals surface area contributed by atoms with Crippen molar-refractivity contribution >= 4 is 30.6 Å². The van der Waals surface area contributed by atoms with Crippen molar-refractivity contribution in [1.29, 1.82) is 0 Å². The van der Waals surface area contributed by atoms with E-state index >= 15 is 0 Å². The van der Waals surface area contributed by atoms with Gasteiger partial charge >= 0.3 is 8.90 Å². The molecule has 0 aromatic heterocycles. The summed E-state index contributed by atoms with van der Waals surface area (Å²) in [5.41, 5.74) is 0. The molecule has 1 aromatic carbocycles. The number of halogens is 2. The largest absolute Gasteiger partial charge is 0.527 e. The van der Waals surface area contributed by atoms with E-state index in [2.05, 4.69) is 0 Å². The summed E-state index contributed by atoms with van der Waals surface area (Å²) in [5.74, 6) is 0. The van der Waals surface area contributed by atoms with Crippen LogP contribution < -0.4 is 5.19 Å². The molecule has 0 aliphatic rings. The first kappa shape index (κ1) is 15.7. The first-order valence-corrected chi connectivity index (χ1v) is 14.8. The van der Waals surface area contributed by atoms with Crippen molar-refractivity contribution in [2.75, 3.05) is 0 Å². The fourth-order valence-corrected chi connectivity index (χ4v) is 19.0. The van der Waals surface area contributed by atoms with E-state index in [0.29, 0.717) is 0 Å². The fraction of sp³-hybridized carbons (Fsp3) is 0.500. The molecule has 0 aliphatic carbocycles. The predicted molar refractivity (Wildman–Crippen MR) is 82.6 cm³/mol. The van der Waals surface area contributed by atoms with E-state index in [-0.39, 0.29) is 5.19 Å². The predicted octanol–water partition coefficient (Wildman–Crippen LogP) is 3.74. The molecule has 0 fully saturated rings. The van der Waals surface area contributed by atoms with Gasteiger partial charge in [0.15, 0.2) is 0 Å². The van der Waals surface area contributed by atoms with Crippen molar-refractivity contribution in [3.8, 4) is 0 Å². The smallest absolute Gasteiger partial charge is 0.314 e. The van der Waals surface area contributed by atoms with Gasteiger partial charge in [0.05, 0.1) is 0 Å². The van der Waals surface area contributed by atoms with E-state index in [4.69, 9.17) is 0 Å². The second-order valence-corrected chi connectivity index (χ2v) is 19.6. The molecule has 0 bridgehead atoms. The lowest BCUT2D eigenvalue weighted by molar-refractivity contribution is 0.549. The molecule has 0 radical (unpaired) electrons. The van der Waals surface area contributed by atoms with Gasteiger partial charge in [-0.25, -0.2) is 8.22 Å². The highest BCUT2D eigenvalue weighted by Gasteiger charge is 2.55. The van der Waals surface area contributed by atoms with E-state index in [9.17, 15) is 8.22 Å². The van der Waals surface area contributed by atoms with Gasteiger partial charge in [-0.1, -0.05) is 69.6 Å². The molecule has 0 aliphatic heterocycles. The maximum Gasteiger partial charge on any atom is 0.527 e. The Kier molecular flexibility index (Phi) is 4.37. The van der Waals surface area contributed by atoms with Gasteiger partial charge in [-0.2, -0.15) is 0 Å². The first-order chi connectivity index (χ1) is 7.97. The van der Waals surface area contributed by atoms with Crippen molar-refractivity contribution in [3.05, 3.63) is 30.3 Å². The molecule has 0 unspecified atom stereocenters. The summed E-state index contributed by atoms with van der Waals surface area (Å²) in [5, 5.41) is 0.245. The Morgan fingerprint density at radius 1 is 0.778 bits per heavy atom. The molecule has 0 atom stereocenters. The highest BCUT2D eigenvalue weighted by atomic mass is 28.5. The summed E-state index contributed by atoms with van der Waals surface area (Å²) >= 11 is 0. The average Bonchev–Trinajstić information content (AvgIpc) is 2.13. The van der Waals surface area contributed by atoms with E-state index in [1.807, 2.05) is 39.3 Å². The summed E-state index contributed by atoms with van der Waals surface area (Å²) in [6, 6.07) is 8.38. The number of hydrogen-bond donors (Lipinski definition) is 0. The lowest BCUT2D eigenvalue weighted by Gasteiger charge is -2.46. The summed E-state index contributed by atoms with van der Waals surface area (Å²) in [6.45, 7) is 12.1. The summed E-state index contributed by atoms with van der Waals surface area (Å²) in [6.07, 6.45) is 0. The van der Waals surface area contributed by atoms with Crippen molar-refractivity contribution in [3.63, 3.8) is 0 Å². The molecule has 1 aromatic rings. The number of nitrogens with zero attached hydrogens (tertiary/aromatic N) is 1. The molecule has 0 spiro atoms. The van der Waals surface area contributed by atoms with Crippen LogP contribution in [-0.2, 0) is 0 Å². The van der Waals surface area contributed by atoms with Crippen molar-refractivity contribution in [2.24, 2.45) is 0 Å². The van der Waals surface area contributed by atoms with Gasteiger partial charge in [0, 0.05) is 5.19 Å². The zero-order valence-electron chi connectivity index (χ0n) is 12.1. The van der Waals surface area contributed by atoms with E-state index < -0.39 is 25.4 Å². The molecule has 1 rings (SSSR count). The molecule has 0 heterocycles. The van der Waals surface area contributed by atoms with Crippen LogP contribution in [0.1, 0.15) is 0 Å². The van der Waals surface area contributed by atoms with Crippen molar-refractivity contribution in [2.45, 2.75) is 39.3 Å². The summed E-state index contributed by atoms with van der Waals surface area (Å²) < 4.78 is 31.6. The molecular formula is C12H23F2NSi3. The lowest BCUT2D eigenvalue weighted by atomic mass is 10.4. The maximum atomic E-state index is 14.9. The van der Waals surface area contributed by atoms with Gasteiger partial charge in [0.1, 0.15) is 16.5 Å². The zero-order valence-corrected chi connectivity index (χ0v) is 15.1. The molecular weight excluding hydrogens is 280 g/mol. The topological polar surface area (TPSA) is 3.24 Å². The number of rotatable bonds is 4. The van der Waals surface area contributed by atoms with Gasteiger partial charge < -0.3 is 3.90 Å². The molecule has 6 heteroatoms. The highest BCUT2D eigenvalue weighted by Crippen LogP contribution is 2.28. The Morgan fingerprint density at radius 3 is 1.50 bits per heavy atom. The molecule has 0 amide bonds. The Labute approximate surface area is 112 Å². The quantitative estimate of drug-likeness (QED) is 0.605. The van der Waals surface area contributed by atoms with Crippen molar-refractivity contribution in [1.82, 2.24) is 3.90 Å². The van der Waals surface area contributed by atoms with Crippen LogP contribution in [0.3, 0.4) is 0 Å². The Bertz CT molecular complexity index is 382. The lowest BCUT2D eigenvalue weighted by Crippen LogP contribution is -2.72. The van der Waals surface area contributed by atoms with Gasteiger partial charge in [-0.05, 0) is 0 Å². The Morgan fingerprint density at radius 2 is 1.17 bits per heavy atom. The minimum Gasteiger partial charge on any atom is -0.314 e. The normalized spacial score (nSPS) is 14.1. The monoisotopic (exact) mass is 303 g/mol. The third-order valence-electron chi connectivity index (χ3n) is 2.74. The SMILES string of the molecule is C[Si](C)(C)N([Si](C)(C)C)[Si](F)(F)c1ccccc1. The first-order valence-electron chi connectivity index (χ1n) is 6.21. The van der Waals surface area contributed by atoms with Gasteiger partial charge in [-0.3, -0.25) is 0 Å². The molecule has 0 saturated carbocycles. The summed E-state index contributed by atoms with van der Waals surface area (Å²) in [4.78, 5) is 0. The molecule has 0 N–H and O–H groups in total. The van der Waals surface area contributed by atoms with E-state index in [0.717, 1.165) is 0 Å². The van der Waals surface area contributed by atoms with Crippen LogP contribution >= 0.6 is 0 Å². The number of benzene rings is 1. The van der Waals surface area contributed by atoms with Crippen molar-refractivity contribution < 1.29 is 8.22 Å². The van der Waals surface area contributed by atoms with E-state index in [1.54, 1.807) is 34.2 Å². The second kappa shape index (κ2) is 4.99. The Hall–Kier alpha value is -0.309. The molecule has 18 heavy (non-hydrogen) atoms. The van der Waals surface area contributed by atoms with Crippen LogP contribution in [0.15, 0.2) is 30.3 Å². The average molecular weight is 304 g/mol. The molecule has 0 saturated heterocycles. The van der Waals surface area contributed by atoms with Gasteiger partial charge in [0.2, 0.25) is 0 Å². The minimum atomic E-state index is -4.52. The summed E-state index contributed by atoms with van der Waals surface area (Å²) in [7, 11) is -8.59.